The molecule has 0 aliphatic carbocycles. The van der Waals surface area contributed by atoms with Crippen molar-refractivity contribution in [3.05, 3.63) is 45.9 Å². The summed E-state index contributed by atoms with van der Waals surface area (Å²) in [6.45, 7) is 7.72. The second-order valence-corrected chi connectivity index (χ2v) is 7.75. The van der Waals surface area contributed by atoms with E-state index >= 15 is 0 Å². The second-order valence-electron chi connectivity index (χ2n) is 6.90. The Morgan fingerprint density at radius 3 is 2.59 bits per heavy atom. The predicted octanol–water partition coefficient (Wildman–Crippen LogP) is 4.55. The zero-order valence-electron chi connectivity index (χ0n) is 16.0. The highest BCUT2D eigenvalue weighted by Crippen LogP contribution is 2.38. The van der Waals surface area contributed by atoms with Crippen molar-refractivity contribution in [2.75, 3.05) is 26.9 Å². The van der Waals surface area contributed by atoms with E-state index in [0.717, 1.165) is 40.2 Å². The zero-order valence-corrected chi connectivity index (χ0v) is 17.6. The number of ether oxygens (including phenoxy) is 4. The Morgan fingerprint density at radius 1 is 1.07 bits per heavy atom. The highest BCUT2D eigenvalue weighted by atomic mass is 79.9. The monoisotopic (exact) mass is 435 g/mol. The lowest BCUT2D eigenvalue weighted by Crippen LogP contribution is -2.19. The minimum Gasteiger partial charge on any atom is -0.493 e. The fraction of sp³-hybridized carbons (Fsp3) is 0.429. The van der Waals surface area contributed by atoms with Crippen molar-refractivity contribution in [1.29, 1.82) is 0 Å². The molecule has 0 amide bonds. The number of methoxy groups -OCH3 is 1. The van der Waals surface area contributed by atoms with Gasteiger partial charge >= 0.3 is 0 Å². The van der Waals surface area contributed by atoms with E-state index in [1.807, 2.05) is 24.3 Å². The number of benzene rings is 2. The fourth-order valence-electron chi connectivity index (χ4n) is 2.85. The predicted molar refractivity (Wildman–Crippen MR) is 109 cm³/mol. The summed E-state index contributed by atoms with van der Waals surface area (Å²) in [5, 5.41) is 3.44. The molecule has 146 valence electrons. The summed E-state index contributed by atoms with van der Waals surface area (Å²) < 4.78 is 23.7. The Bertz CT molecular complexity index is 779. The van der Waals surface area contributed by atoms with Crippen molar-refractivity contribution in [2.45, 2.75) is 27.0 Å². The lowest BCUT2D eigenvalue weighted by atomic mass is 10.1. The summed E-state index contributed by atoms with van der Waals surface area (Å²) in [6.07, 6.45) is 0. The van der Waals surface area contributed by atoms with Crippen LogP contribution < -0.4 is 24.3 Å². The van der Waals surface area contributed by atoms with E-state index in [2.05, 4.69) is 41.2 Å². The van der Waals surface area contributed by atoms with Crippen LogP contribution in [-0.4, -0.2) is 26.9 Å². The van der Waals surface area contributed by atoms with Gasteiger partial charge in [-0.2, -0.15) is 0 Å². The SMILES string of the molecule is COc1cc(CNCC(C)C)cc(Br)c1OCc1ccc2c(c1)OCCO2. The summed E-state index contributed by atoms with van der Waals surface area (Å²) in [5.74, 6) is 3.56. The van der Waals surface area contributed by atoms with E-state index in [9.17, 15) is 0 Å². The molecule has 0 unspecified atom stereocenters. The molecule has 1 aliphatic rings. The molecule has 1 aliphatic heterocycles. The van der Waals surface area contributed by atoms with Crippen molar-refractivity contribution in [1.82, 2.24) is 5.32 Å². The van der Waals surface area contributed by atoms with Crippen LogP contribution in [0.25, 0.3) is 0 Å². The third kappa shape index (κ3) is 5.30. The maximum atomic E-state index is 6.04. The molecule has 0 spiro atoms. The Balaban J connectivity index is 1.68. The van der Waals surface area contributed by atoms with Crippen molar-refractivity contribution >= 4 is 15.9 Å². The first-order valence-electron chi connectivity index (χ1n) is 9.15. The lowest BCUT2D eigenvalue weighted by Gasteiger charge is -2.19. The number of hydrogen-bond acceptors (Lipinski definition) is 5. The first-order valence-corrected chi connectivity index (χ1v) is 9.94. The smallest absolute Gasteiger partial charge is 0.175 e. The summed E-state index contributed by atoms with van der Waals surface area (Å²) in [5.41, 5.74) is 2.15. The van der Waals surface area contributed by atoms with E-state index in [1.54, 1.807) is 7.11 Å². The van der Waals surface area contributed by atoms with Crippen molar-refractivity contribution in [3.63, 3.8) is 0 Å². The normalized spacial score (nSPS) is 12.9. The third-order valence-corrected chi connectivity index (χ3v) is 4.75. The molecule has 3 rings (SSSR count). The van der Waals surface area contributed by atoms with Crippen LogP contribution in [0.15, 0.2) is 34.8 Å². The van der Waals surface area contributed by atoms with E-state index in [-0.39, 0.29) is 0 Å². The molecule has 27 heavy (non-hydrogen) atoms. The molecule has 0 saturated carbocycles. The standard InChI is InChI=1S/C21H26BrNO4/c1-14(2)11-23-12-16-8-17(22)21(20(10-16)24-3)27-13-15-4-5-18-19(9-15)26-7-6-25-18/h4-5,8-10,14,23H,6-7,11-13H2,1-3H3. The first kappa shape index (κ1) is 19.8. The number of hydrogen-bond donors (Lipinski definition) is 1. The summed E-state index contributed by atoms with van der Waals surface area (Å²) >= 11 is 3.62. The molecular formula is C21H26BrNO4. The van der Waals surface area contributed by atoms with Crippen LogP contribution in [0.5, 0.6) is 23.0 Å². The minimum atomic E-state index is 0.413. The van der Waals surface area contributed by atoms with Crippen molar-refractivity contribution < 1.29 is 18.9 Å². The van der Waals surface area contributed by atoms with Crippen LogP contribution in [0.2, 0.25) is 0 Å². The van der Waals surface area contributed by atoms with E-state index in [1.165, 1.54) is 0 Å². The molecule has 1 N–H and O–H groups in total. The Morgan fingerprint density at radius 2 is 1.85 bits per heavy atom. The van der Waals surface area contributed by atoms with Gasteiger partial charge in [0.2, 0.25) is 0 Å². The van der Waals surface area contributed by atoms with E-state index in [4.69, 9.17) is 18.9 Å². The zero-order chi connectivity index (χ0) is 19.2. The molecule has 2 aromatic carbocycles. The van der Waals surface area contributed by atoms with Gasteiger partial charge in [0.1, 0.15) is 19.8 Å². The molecule has 0 fully saturated rings. The van der Waals surface area contributed by atoms with Gasteiger partial charge in [0.05, 0.1) is 11.6 Å². The highest BCUT2D eigenvalue weighted by molar-refractivity contribution is 9.10. The molecule has 0 radical (unpaired) electrons. The minimum absolute atomic E-state index is 0.413. The van der Waals surface area contributed by atoms with Gasteiger partial charge in [0, 0.05) is 6.54 Å². The van der Waals surface area contributed by atoms with Crippen LogP contribution in [0.1, 0.15) is 25.0 Å². The number of nitrogens with one attached hydrogen (secondary N) is 1. The summed E-state index contributed by atoms with van der Waals surface area (Å²) in [7, 11) is 1.66. The van der Waals surface area contributed by atoms with Crippen LogP contribution >= 0.6 is 15.9 Å². The molecule has 6 heteroatoms. The van der Waals surface area contributed by atoms with Gasteiger partial charge in [-0.15, -0.1) is 0 Å². The van der Waals surface area contributed by atoms with Crippen LogP contribution in [0.4, 0.5) is 0 Å². The quantitative estimate of drug-likeness (QED) is 0.658. The van der Waals surface area contributed by atoms with Crippen LogP contribution in [0, 0.1) is 5.92 Å². The van der Waals surface area contributed by atoms with Crippen LogP contribution in [-0.2, 0) is 13.2 Å². The summed E-state index contributed by atoms with van der Waals surface area (Å²) in [4.78, 5) is 0. The molecular weight excluding hydrogens is 410 g/mol. The van der Waals surface area contributed by atoms with Crippen molar-refractivity contribution in [2.24, 2.45) is 5.92 Å². The molecule has 2 aromatic rings. The largest absolute Gasteiger partial charge is 0.493 e. The molecule has 1 heterocycles. The van der Waals surface area contributed by atoms with Crippen LogP contribution in [0.3, 0.4) is 0 Å². The number of rotatable bonds is 8. The Labute approximate surface area is 169 Å². The van der Waals surface area contributed by atoms with E-state index in [0.29, 0.717) is 37.2 Å². The summed E-state index contributed by atoms with van der Waals surface area (Å²) in [6, 6.07) is 9.94. The van der Waals surface area contributed by atoms with Gasteiger partial charge in [0.15, 0.2) is 23.0 Å². The number of fused-ring (bicyclic) bond motifs is 1. The molecule has 0 atom stereocenters. The fourth-order valence-corrected chi connectivity index (χ4v) is 3.46. The molecule has 0 saturated heterocycles. The van der Waals surface area contributed by atoms with E-state index < -0.39 is 0 Å². The third-order valence-electron chi connectivity index (χ3n) is 4.16. The second kappa shape index (κ2) is 9.33. The van der Waals surface area contributed by atoms with Gasteiger partial charge in [-0.05, 0) is 63.8 Å². The van der Waals surface area contributed by atoms with Crippen molar-refractivity contribution in [3.8, 4) is 23.0 Å². The van der Waals surface area contributed by atoms with Gasteiger partial charge in [0.25, 0.3) is 0 Å². The average molecular weight is 436 g/mol. The Hall–Kier alpha value is -1.92. The molecule has 0 aromatic heterocycles. The van der Waals surface area contributed by atoms with Gasteiger partial charge in [-0.3, -0.25) is 0 Å². The maximum Gasteiger partial charge on any atom is 0.175 e. The maximum absolute atomic E-state index is 6.04. The Kier molecular flexibility index (Phi) is 6.85. The number of halogens is 1. The highest BCUT2D eigenvalue weighted by Gasteiger charge is 2.15. The van der Waals surface area contributed by atoms with Gasteiger partial charge < -0.3 is 24.3 Å². The topological polar surface area (TPSA) is 49.0 Å². The molecule has 0 bridgehead atoms. The van der Waals surface area contributed by atoms with Gasteiger partial charge in [-0.1, -0.05) is 19.9 Å². The first-order chi connectivity index (χ1) is 13.1. The lowest BCUT2D eigenvalue weighted by molar-refractivity contribution is 0.171. The molecule has 5 nitrogen and oxygen atoms in total. The van der Waals surface area contributed by atoms with Gasteiger partial charge in [-0.25, -0.2) is 0 Å². The average Bonchev–Trinajstić information content (AvgIpc) is 2.66.